The molecule has 0 radical (unpaired) electrons. The number of nitrogens with zero attached hydrogens (tertiary/aromatic N) is 2. The van der Waals surface area contributed by atoms with Crippen LogP contribution in [0.25, 0.3) is 43.1 Å². The maximum Gasteiger partial charge on any atom is 0.335 e. The highest BCUT2D eigenvalue weighted by atomic mass is 32.1. The summed E-state index contributed by atoms with van der Waals surface area (Å²) in [5, 5.41) is 11.1. The van der Waals surface area contributed by atoms with Crippen LogP contribution in [-0.4, -0.2) is 69.3 Å². The largest absolute Gasteiger partial charge is 0.457 e. The maximum atomic E-state index is 15.9. The molecule has 2 unspecified atom stereocenters. The van der Waals surface area contributed by atoms with Gasteiger partial charge in [0.15, 0.2) is 0 Å². The van der Waals surface area contributed by atoms with E-state index in [1.165, 1.54) is 47.2 Å². The van der Waals surface area contributed by atoms with Crippen LogP contribution in [0.4, 0.5) is 10.0 Å². The van der Waals surface area contributed by atoms with Gasteiger partial charge in [-0.15, -0.1) is 22.7 Å². The fraction of sp³-hybridized carbons (Fsp3) is 0.111. The molecule has 0 bridgehead atoms. The van der Waals surface area contributed by atoms with E-state index in [9.17, 15) is 19.2 Å². The van der Waals surface area contributed by atoms with Crippen LogP contribution >= 0.6 is 22.7 Å². The van der Waals surface area contributed by atoms with Crippen molar-refractivity contribution in [1.82, 2.24) is 9.80 Å². The predicted octanol–water partition coefficient (Wildman–Crippen LogP) is 16.0. The number of nitrogens with one attached hydrogen (secondary N) is 2. The number of imide groups is 2. The number of anilines is 2. The number of amides is 6. The van der Waals surface area contributed by atoms with Gasteiger partial charge in [-0.25, -0.2) is 9.59 Å². The molecule has 0 saturated heterocycles. The highest BCUT2D eigenvalue weighted by Crippen LogP contribution is 2.58. The number of esters is 2. The zero-order valence-electron chi connectivity index (χ0n) is 49.1. The topological polar surface area (TPSA) is 222 Å². The van der Waals surface area contributed by atoms with Gasteiger partial charge in [-0.05, 0) is 85.6 Å². The standard InChI is InChI=1S/C72H52N4O14S2/c1-5-21-49(67(79)73-55-31-43(37-91-55)89-57(77)7-3)75-69(81)45-33-51(85-39-23-13-9-14-24-39)61-63-53(87-41-27-17-11-18-28-41)35-47-60-48(72(84)76(71(47)83)50(22-6-2)68(80)74-56-32-44(38-92-56)90-58(78)8-4)36-54(88-42-29-19-12-20-30-42)64(66(60)63)62-52(86-40-25-15-10-16-26-40)34-46(70(75)82)59(45)65(61)62/h7-20,23-38,49-50H,3-6,21-22H2,1-2H3,(H,73,79)(H,74,80). The lowest BCUT2D eigenvalue weighted by atomic mass is 9.80. The van der Waals surface area contributed by atoms with Crippen molar-refractivity contribution in [3.8, 4) is 57.5 Å². The molecule has 18 nitrogen and oxygen atoms in total. The van der Waals surface area contributed by atoms with Crippen LogP contribution in [0.3, 0.4) is 0 Å². The van der Waals surface area contributed by atoms with Gasteiger partial charge in [-0.2, -0.15) is 0 Å². The smallest absolute Gasteiger partial charge is 0.335 e. The second-order valence-corrected chi connectivity index (χ2v) is 23.3. The van der Waals surface area contributed by atoms with Crippen molar-refractivity contribution in [1.29, 1.82) is 0 Å². The minimum Gasteiger partial charge on any atom is -0.457 e. The number of benzene rings is 9. The van der Waals surface area contributed by atoms with Crippen molar-refractivity contribution in [3.63, 3.8) is 0 Å². The normalized spacial score (nSPS) is 13.3. The first-order chi connectivity index (χ1) is 44.7. The van der Waals surface area contributed by atoms with Gasteiger partial charge in [0.2, 0.25) is 11.8 Å². The van der Waals surface area contributed by atoms with E-state index in [4.69, 9.17) is 28.4 Å². The monoisotopic (exact) mass is 1260 g/mol. The van der Waals surface area contributed by atoms with Crippen LogP contribution in [-0.2, 0) is 19.2 Å². The highest BCUT2D eigenvalue weighted by Gasteiger charge is 2.46. The number of carbonyl (C=O) groups excluding carboxylic acids is 8. The van der Waals surface area contributed by atoms with Crippen LogP contribution in [0.15, 0.2) is 194 Å². The van der Waals surface area contributed by atoms with E-state index in [2.05, 4.69) is 23.8 Å². The molecule has 2 aliphatic rings. The lowest BCUT2D eigenvalue weighted by Gasteiger charge is -2.35. The number of para-hydroxylation sites is 4. The van der Waals surface area contributed by atoms with Gasteiger partial charge in [0.1, 0.15) is 69.6 Å². The fourth-order valence-corrected chi connectivity index (χ4v) is 13.2. The lowest BCUT2D eigenvalue weighted by Crippen LogP contribution is -2.52. The van der Waals surface area contributed by atoms with Crippen molar-refractivity contribution >= 4 is 123 Å². The first-order valence-corrected chi connectivity index (χ1v) is 31.0. The van der Waals surface area contributed by atoms with Crippen molar-refractivity contribution in [2.75, 3.05) is 10.6 Å². The molecule has 6 amide bonds. The molecule has 0 saturated carbocycles. The molecule has 11 aromatic rings. The SMILES string of the molecule is C=CC(=O)Oc1csc(NC(=O)C(CCC)N2C(=O)c3cc(Oc4ccccc4)c4c5c(Oc6ccccc6)cc6c7c(cc(Oc8ccccc8)c(c8c(Oc9ccccc9)cc(c3c48)C2=O)c75)C(=O)N(C(CCC)C(=O)Nc2cc(OC(=O)C=C)cs2)C6=O)c1. The quantitative estimate of drug-likeness (QED) is 0.0212. The Labute approximate surface area is 532 Å². The van der Waals surface area contributed by atoms with E-state index < -0.39 is 59.5 Å². The zero-order chi connectivity index (χ0) is 63.9. The van der Waals surface area contributed by atoms with Gasteiger partial charge in [-0.1, -0.05) is 113 Å². The molecule has 2 aliphatic heterocycles. The van der Waals surface area contributed by atoms with Crippen molar-refractivity contribution in [2.24, 2.45) is 0 Å². The van der Waals surface area contributed by atoms with Crippen LogP contribution in [0, 0.1) is 0 Å². The van der Waals surface area contributed by atoms with E-state index >= 15 is 19.2 Å². The first kappa shape index (κ1) is 59.5. The molecule has 456 valence electrons. The summed E-state index contributed by atoms with van der Waals surface area (Å²) in [6, 6.07) is 41.4. The molecule has 13 rings (SSSR count). The van der Waals surface area contributed by atoms with Gasteiger partial charge in [-0.3, -0.25) is 38.6 Å². The van der Waals surface area contributed by atoms with Gasteiger partial charge in [0, 0.05) is 78.1 Å². The zero-order valence-corrected chi connectivity index (χ0v) is 50.8. The molecule has 2 N–H and O–H groups in total. The Bertz CT molecular complexity index is 4340. The molecule has 2 aromatic heterocycles. The summed E-state index contributed by atoms with van der Waals surface area (Å²) in [5.74, 6) is -4.28. The van der Waals surface area contributed by atoms with Crippen molar-refractivity contribution in [2.45, 2.75) is 51.6 Å². The Morgan fingerprint density at radius 1 is 0.413 bits per heavy atom. The number of rotatable bonds is 22. The van der Waals surface area contributed by atoms with Crippen molar-refractivity contribution < 1.29 is 66.8 Å². The second-order valence-electron chi connectivity index (χ2n) is 21.4. The number of thiophene rings is 2. The predicted molar refractivity (Wildman–Crippen MR) is 350 cm³/mol. The first-order valence-electron chi connectivity index (χ1n) is 29.3. The summed E-state index contributed by atoms with van der Waals surface area (Å²) in [6.07, 6.45) is 2.79. The Kier molecular flexibility index (Phi) is 16.1. The van der Waals surface area contributed by atoms with Gasteiger partial charge in [0.25, 0.3) is 23.6 Å². The third-order valence-electron chi connectivity index (χ3n) is 15.6. The van der Waals surface area contributed by atoms with E-state index in [-0.39, 0.29) is 123 Å². The number of carbonyl (C=O) groups is 8. The summed E-state index contributed by atoms with van der Waals surface area (Å²) >= 11 is 2.14. The van der Waals surface area contributed by atoms with E-state index in [1.54, 1.807) is 97.1 Å². The number of hydrogen-bond donors (Lipinski definition) is 2. The average Bonchev–Trinajstić information content (AvgIpc) is 0.721. The number of ether oxygens (including phenoxy) is 6. The van der Waals surface area contributed by atoms with Crippen molar-refractivity contribution in [3.05, 3.63) is 216 Å². The third kappa shape index (κ3) is 10.9. The average molecular weight is 1260 g/mol. The Morgan fingerprint density at radius 3 is 0.957 bits per heavy atom. The molecule has 4 heterocycles. The van der Waals surface area contributed by atoms with Crippen LogP contribution < -0.4 is 39.1 Å². The number of fused-ring (bicyclic) bond motifs is 2. The van der Waals surface area contributed by atoms with E-state index in [0.29, 0.717) is 35.8 Å². The van der Waals surface area contributed by atoms with E-state index in [1.807, 2.05) is 38.1 Å². The van der Waals surface area contributed by atoms with Crippen LogP contribution in [0.5, 0.6) is 57.5 Å². The molecule has 0 spiro atoms. The molecule has 20 heteroatoms. The number of hydrogen-bond acceptors (Lipinski definition) is 16. The van der Waals surface area contributed by atoms with Crippen LogP contribution in [0.1, 0.15) is 81.0 Å². The minimum atomic E-state index is -1.39. The van der Waals surface area contributed by atoms with Crippen LogP contribution in [0.2, 0.25) is 0 Å². The molecular weight excluding hydrogens is 1210 g/mol. The molecule has 92 heavy (non-hydrogen) atoms. The molecular formula is C72H52N4O14S2. The molecule has 0 fully saturated rings. The summed E-state index contributed by atoms with van der Waals surface area (Å²) < 4.78 is 38.7. The Balaban J connectivity index is 1.11. The van der Waals surface area contributed by atoms with E-state index in [0.717, 1.165) is 44.6 Å². The summed E-state index contributed by atoms with van der Waals surface area (Å²) in [4.78, 5) is 119. The highest BCUT2D eigenvalue weighted by molar-refractivity contribution is 7.15. The fourth-order valence-electron chi connectivity index (χ4n) is 11.8. The van der Waals surface area contributed by atoms with Gasteiger partial charge < -0.3 is 39.1 Å². The minimum absolute atomic E-state index is 0.0247. The second kappa shape index (κ2) is 24.8. The van der Waals surface area contributed by atoms with Gasteiger partial charge >= 0.3 is 11.9 Å². The Hall–Kier alpha value is -11.5. The van der Waals surface area contributed by atoms with Gasteiger partial charge in [0.05, 0.1) is 32.3 Å². The summed E-state index contributed by atoms with van der Waals surface area (Å²) in [5.41, 5.74) is -0.0987. The molecule has 0 aliphatic carbocycles. The molecule has 9 aromatic carbocycles. The summed E-state index contributed by atoms with van der Waals surface area (Å²) in [6.45, 7) is 10.5. The summed E-state index contributed by atoms with van der Waals surface area (Å²) in [7, 11) is 0. The lowest BCUT2D eigenvalue weighted by molar-refractivity contribution is -0.129. The Morgan fingerprint density at radius 2 is 0.696 bits per heavy atom. The molecule has 2 atom stereocenters. The maximum absolute atomic E-state index is 15.9. The third-order valence-corrected chi connectivity index (χ3v) is 17.3.